The van der Waals surface area contributed by atoms with Crippen LogP contribution >= 0.6 is 0 Å². The highest BCUT2D eigenvalue weighted by Crippen LogP contribution is 2.33. The van der Waals surface area contributed by atoms with E-state index in [0.717, 1.165) is 37.4 Å². The third kappa shape index (κ3) is 2.18. The lowest BCUT2D eigenvalue weighted by Gasteiger charge is -2.45. The van der Waals surface area contributed by atoms with Gasteiger partial charge in [0.2, 0.25) is 5.91 Å². The third-order valence-electron chi connectivity index (χ3n) is 4.76. The van der Waals surface area contributed by atoms with E-state index in [1.54, 1.807) is 0 Å². The molecule has 4 nitrogen and oxygen atoms in total. The van der Waals surface area contributed by atoms with Gasteiger partial charge in [0.1, 0.15) is 0 Å². The van der Waals surface area contributed by atoms with Crippen LogP contribution in [0.4, 0.5) is 5.69 Å². The molecule has 20 heavy (non-hydrogen) atoms. The average Bonchev–Trinajstić information content (AvgIpc) is 2.85. The fourth-order valence-electron chi connectivity index (χ4n) is 3.15. The first-order chi connectivity index (χ1) is 9.49. The Morgan fingerprint density at radius 1 is 1.30 bits per heavy atom. The van der Waals surface area contributed by atoms with Gasteiger partial charge in [-0.15, -0.1) is 0 Å². The molecule has 4 heteroatoms. The van der Waals surface area contributed by atoms with Gasteiger partial charge in [0, 0.05) is 37.4 Å². The maximum atomic E-state index is 12.8. The number of nitrogens with one attached hydrogen (secondary N) is 1. The molecule has 1 amide bonds. The van der Waals surface area contributed by atoms with E-state index >= 15 is 0 Å². The number of carbonyl (C=O) groups excluding carboxylic acids is 1. The Morgan fingerprint density at radius 3 is 2.80 bits per heavy atom. The van der Waals surface area contributed by atoms with Gasteiger partial charge in [-0.3, -0.25) is 9.69 Å². The predicted molar refractivity (Wildman–Crippen MR) is 81.0 cm³/mol. The molecule has 0 aliphatic carbocycles. The zero-order valence-corrected chi connectivity index (χ0v) is 12.5. The molecule has 1 unspecified atom stereocenters. The smallest absolute Gasteiger partial charge is 0.232 e. The molecule has 2 aliphatic rings. The lowest BCUT2D eigenvalue weighted by atomic mass is 9.95. The molecule has 3 rings (SSSR count). The number of anilines is 1. The number of benzene rings is 1. The lowest BCUT2D eigenvalue weighted by Crippen LogP contribution is -2.59. The molecule has 1 aromatic rings. The number of rotatable bonds is 1. The van der Waals surface area contributed by atoms with E-state index in [-0.39, 0.29) is 17.4 Å². The zero-order chi connectivity index (χ0) is 14.3. The van der Waals surface area contributed by atoms with Crippen LogP contribution in [0.5, 0.6) is 0 Å². The molecule has 0 aromatic heterocycles. The summed E-state index contributed by atoms with van der Waals surface area (Å²) in [4.78, 5) is 17.2. The van der Waals surface area contributed by atoms with Gasteiger partial charge >= 0.3 is 0 Å². The van der Waals surface area contributed by atoms with Gasteiger partial charge in [-0.05, 0) is 32.5 Å². The Hall–Kier alpha value is -1.55. The minimum absolute atomic E-state index is 0.0228. The normalized spacial score (nSPS) is 25.1. The second-order valence-corrected chi connectivity index (χ2v) is 6.51. The summed E-state index contributed by atoms with van der Waals surface area (Å²) in [6.45, 7) is 7.71. The number of para-hydroxylation sites is 1. The molecule has 108 valence electrons. The average molecular weight is 273 g/mol. The number of nitrogens with zero attached hydrogens (tertiary/aromatic N) is 2. The Bertz CT molecular complexity index is 526. The molecule has 0 radical (unpaired) electrons. The number of carbonyl (C=O) groups is 1. The summed E-state index contributed by atoms with van der Waals surface area (Å²) in [5.74, 6) is 0.244. The highest BCUT2D eigenvalue weighted by atomic mass is 16.2. The van der Waals surface area contributed by atoms with Crippen molar-refractivity contribution in [1.29, 1.82) is 0 Å². The first-order valence-electron chi connectivity index (χ1n) is 7.32. The third-order valence-corrected chi connectivity index (χ3v) is 4.76. The van der Waals surface area contributed by atoms with Crippen LogP contribution in [0.3, 0.4) is 0 Å². The SMILES string of the molecule is CN1CCN(C(=O)C2CNc3ccccc32)CC1(C)C. The second-order valence-electron chi connectivity index (χ2n) is 6.51. The van der Waals surface area contributed by atoms with Crippen molar-refractivity contribution < 1.29 is 4.79 Å². The number of hydrogen-bond acceptors (Lipinski definition) is 3. The van der Waals surface area contributed by atoms with E-state index in [2.05, 4.69) is 43.2 Å². The molecule has 2 aliphatic heterocycles. The van der Waals surface area contributed by atoms with Gasteiger partial charge in [-0.2, -0.15) is 0 Å². The van der Waals surface area contributed by atoms with Gasteiger partial charge in [0.25, 0.3) is 0 Å². The van der Waals surface area contributed by atoms with Crippen LogP contribution in [0.25, 0.3) is 0 Å². The number of amides is 1. The van der Waals surface area contributed by atoms with Crippen LogP contribution in [0.15, 0.2) is 24.3 Å². The Labute approximate surface area is 120 Å². The number of hydrogen-bond donors (Lipinski definition) is 1. The van der Waals surface area contributed by atoms with Gasteiger partial charge < -0.3 is 10.2 Å². The summed E-state index contributed by atoms with van der Waals surface area (Å²) >= 11 is 0. The summed E-state index contributed by atoms with van der Waals surface area (Å²) in [6, 6.07) is 8.15. The molecule has 0 spiro atoms. The van der Waals surface area contributed by atoms with E-state index in [0.29, 0.717) is 0 Å². The van der Waals surface area contributed by atoms with Crippen LogP contribution in [0.1, 0.15) is 25.3 Å². The van der Waals surface area contributed by atoms with E-state index in [9.17, 15) is 4.79 Å². The first-order valence-corrected chi connectivity index (χ1v) is 7.32. The number of fused-ring (bicyclic) bond motifs is 1. The first kappa shape index (κ1) is 13.4. The predicted octanol–water partition coefficient (Wildman–Crippen LogP) is 1.75. The van der Waals surface area contributed by atoms with Crippen molar-refractivity contribution in [3.63, 3.8) is 0 Å². The standard InChI is InChI=1S/C16H23N3O/c1-16(2)11-19(9-8-18(16)3)15(20)13-10-17-14-7-5-4-6-12(13)14/h4-7,13,17H,8-11H2,1-3H3. The second kappa shape index (κ2) is 4.77. The van der Waals surface area contributed by atoms with E-state index in [1.165, 1.54) is 0 Å². The van der Waals surface area contributed by atoms with Crippen molar-refractivity contribution in [3.8, 4) is 0 Å². The Morgan fingerprint density at radius 2 is 2.05 bits per heavy atom. The minimum Gasteiger partial charge on any atom is -0.384 e. The molecule has 2 heterocycles. The van der Waals surface area contributed by atoms with Crippen LogP contribution in [-0.4, -0.2) is 54.5 Å². The van der Waals surface area contributed by atoms with Crippen molar-refractivity contribution in [2.24, 2.45) is 0 Å². The van der Waals surface area contributed by atoms with Crippen LogP contribution in [0.2, 0.25) is 0 Å². The summed E-state index contributed by atoms with van der Waals surface area (Å²) in [7, 11) is 2.13. The van der Waals surface area contributed by atoms with Crippen molar-refractivity contribution in [2.75, 3.05) is 38.5 Å². The summed E-state index contributed by atoms with van der Waals surface area (Å²) < 4.78 is 0. The molecular weight excluding hydrogens is 250 g/mol. The zero-order valence-electron chi connectivity index (χ0n) is 12.5. The molecule has 1 saturated heterocycles. The van der Waals surface area contributed by atoms with Crippen LogP contribution in [-0.2, 0) is 4.79 Å². The molecule has 1 fully saturated rings. The molecule has 1 N–H and O–H groups in total. The van der Waals surface area contributed by atoms with Crippen molar-refractivity contribution >= 4 is 11.6 Å². The van der Waals surface area contributed by atoms with E-state index in [4.69, 9.17) is 0 Å². The van der Waals surface area contributed by atoms with Gasteiger partial charge in [-0.25, -0.2) is 0 Å². The van der Waals surface area contributed by atoms with E-state index in [1.807, 2.05) is 17.0 Å². The van der Waals surface area contributed by atoms with Crippen molar-refractivity contribution in [1.82, 2.24) is 9.80 Å². The summed E-state index contributed by atoms with van der Waals surface area (Å²) in [5, 5.41) is 3.34. The van der Waals surface area contributed by atoms with Crippen LogP contribution in [0, 0.1) is 0 Å². The van der Waals surface area contributed by atoms with Gasteiger partial charge in [0.05, 0.1) is 5.92 Å². The molecular formula is C16H23N3O. The van der Waals surface area contributed by atoms with Crippen molar-refractivity contribution in [2.45, 2.75) is 25.3 Å². The fraction of sp³-hybridized carbons (Fsp3) is 0.562. The van der Waals surface area contributed by atoms with Crippen molar-refractivity contribution in [3.05, 3.63) is 29.8 Å². The maximum Gasteiger partial charge on any atom is 0.232 e. The van der Waals surface area contributed by atoms with Crippen LogP contribution < -0.4 is 5.32 Å². The lowest BCUT2D eigenvalue weighted by molar-refractivity contribution is -0.136. The molecule has 1 aromatic carbocycles. The monoisotopic (exact) mass is 273 g/mol. The fourth-order valence-corrected chi connectivity index (χ4v) is 3.15. The van der Waals surface area contributed by atoms with E-state index < -0.39 is 0 Å². The largest absolute Gasteiger partial charge is 0.384 e. The molecule has 0 saturated carbocycles. The highest BCUT2D eigenvalue weighted by molar-refractivity contribution is 5.88. The molecule has 0 bridgehead atoms. The Kier molecular flexibility index (Phi) is 3.21. The Balaban J connectivity index is 1.78. The highest BCUT2D eigenvalue weighted by Gasteiger charge is 2.37. The topological polar surface area (TPSA) is 35.6 Å². The minimum atomic E-state index is -0.0228. The number of piperazine rings is 1. The summed E-state index contributed by atoms with van der Waals surface area (Å²) in [5.41, 5.74) is 2.31. The number of likely N-dealkylation sites (N-methyl/N-ethyl adjacent to an activating group) is 1. The molecule has 1 atom stereocenters. The van der Waals surface area contributed by atoms with Gasteiger partial charge in [-0.1, -0.05) is 18.2 Å². The summed E-state index contributed by atoms with van der Waals surface area (Å²) in [6.07, 6.45) is 0. The quantitative estimate of drug-likeness (QED) is 0.847. The van der Waals surface area contributed by atoms with Gasteiger partial charge in [0.15, 0.2) is 0 Å². The maximum absolute atomic E-state index is 12.8.